The second kappa shape index (κ2) is 8.16. The summed E-state index contributed by atoms with van der Waals surface area (Å²) in [7, 11) is 1.50. The molecule has 3 aromatic carbocycles. The number of hydrogen-bond donors (Lipinski definition) is 3. The fourth-order valence-corrected chi connectivity index (χ4v) is 5.16. The normalized spacial score (nSPS) is 16.6. The third-order valence-electron chi connectivity index (χ3n) is 6.47. The van der Waals surface area contributed by atoms with Crippen LogP contribution in [0.3, 0.4) is 0 Å². The van der Waals surface area contributed by atoms with Crippen molar-refractivity contribution < 1.29 is 19.0 Å². The number of rotatable bonds is 3. The van der Waals surface area contributed by atoms with E-state index in [1.54, 1.807) is 18.2 Å². The second-order valence-electron chi connectivity index (χ2n) is 8.60. The SMILES string of the molecule is CCc1c(F)ccc2cc(O)cc(-c3cc4nc(OC)nc5c4c(c3Cl)OCC3=CC(CN5)N3)c12. The monoisotopic (exact) mass is 492 g/mol. The molecule has 0 aliphatic carbocycles. The molecule has 0 saturated carbocycles. The number of nitrogens with zero attached hydrogens (tertiary/aromatic N) is 2. The average Bonchev–Trinajstić information content (AvgIpc) is 2.83. The highest BCUT2D eigenvalue weighted by atomic mass is 35.5. The number of methoxy groups -OCH3 is 1. The summed E-state index contributed by atoms with van der Waals surface area (Å²) in [6, 6.07) is 8.46. The van der Waals surface area contributed by atoms with Gasteiger partial charge in [-0.15, -0.1) is 0 Å². The first-order valence-corrected chi connectivity index (χ1v) is 11.7. The lowest BCUT2D eigenvalue weighted by atomic mass is 9.92. The maximum Gasteiger partial charge on any atom is 0.318 e. The minimum Gasteiger partial charge on any atom is -0.508 e. The van der Waals surface area contributed by atoms with E-state index in [2.05, 4.69) is 26.7 Å². The first kappa shape index (κ1) is 21.7. The van der Waals surface area contributed by atoms with Crippen molar-refractivity contribution in [3.05, 3.63) is 58.5 Å². The number of fused-ring (bicyclic) bond motifs is 3. The maximum absolute atomic E-state index is 14.8. The van der Waals surface area contributed by atoms with Gasteiger partial charge in [-0.25, -0.2) is 4.39 Å². The third kappa shape index (κ3) is 3.47. The number of hydrogen-bond acceptors (Lipinski definition) is 7. The molecule has 9 heteroatoms. The number of aromatic nitrogens is 2. The minimum atomic E-state index is -0.310. The van der Waals surface area contributed by atoms with Crippen LogP contribution in [0.4, 0.5) is 10.2 Å². The quantitative estimate of drug-likeness (QED) is 0.363. The van der Waals surface area contributed by atoms with Crippen LogP contribution in [0.5, 0.6) is 17.5 Å². The molecule has 0 fully saturated rings. The van der Waals surface area contributed by atoms with Crippen molar-refractivity contribution in [1.29, 1.82) is 0 Å². The third-order valence-corrected chi connectivity index (χ3v) is 6.85. The van der Waals surface area contributed by atoms with Crippen LogP contribution >= 0.6 is 11.6 Å². The standard InChI is InChI=1S/C26H22ClFN4O3/c1-3-16-19(28)5-4-12-6-15(33)8-17(21(12)16)18-9-20-22-24(23(18)27)35-11-14-7-13(30-14)10-29-25(22)32-26(31-20)34-2/h4-9,13,30,33H,3,10-11H2,1-2H3,(H,29,31,32). The summed E-state index contributed by atoms with van der Waals surface area (Å²) in [6.45, 7) is 2.82. The highest BCUT2D eigenvalue weighted by Gasteiger charge is 2.26. The first-order chi connectivity index (χ1) is 17.0. The summed E-state index contributed by atoms with van der Waals surface area (Å²) in [6.07, 6.45) is 2.56. The summed E-state index contributed by atoms with van der Waals surface area (Å²) in [5.74, 6) is 0.687. The number of phenolic OH excluding ortho intramolecular Hbond substituents is 1. The van der Waals surface area contributed by atoms with Crippen molar-refractivity contribution >= 4 is 39.1 Å². The lowest BCUT2D eigenvalue weighted by Crippen LogP contribution is -2.44. The fourth-order valence-electron chi connectivity index (χ4n) is 4.86. The summed E-state index contributed by atoms with van der Waals surface area (Å²) in [4.78, 5) is 9.07. The van der Waals surface area contributed by atoms with Gasteiger partial charge >= 0.3 is 6.01 Å². The number of halogens is 2. The van der Waals surface area contributed by atoms with Gasteiger partial charge in [0.25, 0.3) is 0 Å². The molecular weight excluding hydrogens is 471 g/mol. The van der Waals surface area contributed by atoms with E-state index < -0.39 is 0 Å². The summed E-state index contributed by atoms with van der Waals surface area (Å²) in [5.41, 5.74) is 3.21. The van der Waals surface area contributed by atoms with Crippen molar-refractivity contribution in [3.63, 3.8) is 0 Å². The van der Waals surface area contributed by atoms with Gasteiger partial charge in [0.05, 0.1) is 29.1 Å². The van der Waals surface area contributed by atoms with Gasteiger partial charge in [0.1, 0.15) is 24.0 Å². The minimum absolute atomic E-state index is 0.0479. The summed E-state index contributed by atoms with van der Waals surface area (Å²) >= 11 is 7.02. The average molecular weight is 493 g/mol. The molecule has 0 radical (unpaired) electrons. The van der Waals surface area contributed by atoms with Crippen molar-refractivity contribution in [2.75, 3.05) is 25.6 Å². The maximum atomic E-state index is 14.8. The van der Waals surface area contributed by atoms with Crippen LogP contribution in [0.2, 0.25) is 5.02 Å². The molecule has 0 amide bonds. The number of phenols is 1. The Kier molecular flexibility index (Phi) is 5.07. The number of anilines is 1. The predicted molar refractivity (Wildman–Crippen MR) is 134 cm³/mol. The molecule has 0 saturated heterocycles. The van der Waals surface area contributed by atoms with Gasteiger partial charge in [0.2, 0.25) is 0 Å². The van der Waals surface area contributed by atoms with Crippen molar-refractivity contribution in [1.82, 2.24) is 15.3 Å². The molecule has 1 unspecified atom stereocenters. The molecule has 4 heterocycles. The van der Waals surface area contributed by atoms with Crippen molar-refractivity contribution in [2.24, 2.45) is 0 Å². The zero-order valence-corrected chi connectivity index (χ0v) is 19.8. The molecule has 2 bridgehead atoms. The van der Waals surface area contributed by atoms with Gasteiger partial charge < -0.3 is 25.2 Å². The Hall–Kier alpha value is -3.78. The molecule has 7 rings (SSSR count). The molecule has 3 N–H and O–H groups in total. The van der Waals surface area contributed by atoms with Gasteiger partial charge in [0, 0.05) is 17.8 Å². The van der Waals surface area contributed by atoms with Crippen molar-refractivity contribution in [3.8, 4) is 28.6 Å². The van der Waals surface area contributed by atoms with Gasteiger partial charge in [-0.2, -0.15) is 9.97 Å². The molecule has 3 aliphatic rings. The second-order valence-corrected chi connectivity index (χ2v) is 8.98. The summed E-state index contributed by atoms with van der Waals surface area (Å²) in [5, 5.41) is 19.6. The smallest absolute Gasteiger partial charge is 0.318 e. The number of ether oxygens (including phenoxy) is 2. The Morgan fingerprint density at radius 3 is 2.80 bits per heavy atom. The molecule has 178 valence electrons. The van der Waals surface area contributed by atoms with E-state index in [4.69, 9.17) is 21.1 Å². The van der Waals surface area contributed by atoms with Crippen LogP contribution in [0.25, 0.3) is 32.8 Å². The molecule has 7 nitrogen and oxygen atoms in total. The zero-order chi connectivity index (χ0) is 24.3. The number of benzene rings is 3. The number of aromatic hydroxyl groups is 1. The largest absolute Gasteiger partial charge is 0.508 e. The molecular formula is C26H22ClFN4O3. The Morgan fingerprint density at radius 1 is 1.20 bits per heavy atom. The van der Waals surface area contributed by atoms with Crippen LogP contribution < -0.4 is 20.1 Å². The van der Waals surface area contributed by atoms with Crippen molar-refractivity contribution in [2.45, 2.75) is 19.4 Å². The Bertz CT molecular complexity index is 1560. The van der Waals surface area contributed by atoms with E-state index in [1.165, 1.54) is 13.2 Å². The van der Waals surface area contributed by atoms with E-state index in [9.17, 15) is 9.50 Å². The lowest BCUT2D eigenvalue weighted by molar-refractivity contribution is 0.332. The van der Waals surface area contributed by atoms with E-state index in [0.717, 1.165) is 5.70 Å². The van der Waals surface area contributed by atoms with Crippen LogP contribution in [0.15, 0.2) is 42.1 Å². The molecule has 0 spiro atoms. The summed E-state index contributed by atoms with van der Waals surface area (Å²) < 4.78 is 26.4. The van der Waals surface area contributed by atoms with Crippen LogP contribution in [-0.2, 0) is 6.42 Å². The molecule has 1 aromatic heterocycles. The molecule has 3 aliphatic heterocycles. The van der Waals surface area contributed by atoms with Crippen LogP contribution in [-0.4, -0.2) is 41.4 Å². The van der Waals surface area contributed by atoms with Gasteiger partial charge in [-0.05, 0) is 58.7 Å². The van der Waals surface area contributed by atoms with Gasteiger partial charge in [-0.3, -0.25) is 0 Å². The number of aryl methyl sites for hydroxylation is 1. The predicted octanol–water partition coefficient (Wildman–Crippen LogP) is 5.18. The highest BCUT2D eigenvalue weighted by Crippen LogP contribution is 2.47. The number of nitrogens with one attached hydrogen (secondary N) is 2. The fraction of sp³-hybridized carbons (Fsp3) is 0.231. The zero-order valence-electron chi connectivity index (χ0n) is 19.1. The molecule has 35 heavy (non-hydrogen) atoms. The molecule has 1 atom stereocenters. The van der Waals surface area contributed by atoms with Gasteiger partial charge in [0.15, 0.2) is 5.75 Å². The highest BCUT2D eigenvalue weighted by molar-refractivity contribution is 6.37. The first-order valence-electron chi connectivity index (χ1n) is 11.3. The molecule has 4 aromatic rings. The van der Waals surface area contributed by atoms with Crippen LogP contribution in [0.1, 0.15) is 12.5 Å². The Labute approximate surface area is 205 Å². The van der Waals surface area contributed by atoms with E-state index in [0.29, 0.717) is 74.5 Å². The topological polar surface area (TPSA) is 88.5 Å². The van der Waals surface area contributed by atoms with E-state index >= 15 is 0 Å². The lowest BCUT2D eigenvalue weighted by Gasteiger charge is -2.31. The Balaban J connectivity index is 1.69. The van der Waals surface area contributed by atoms with E-state index in [1.807, 2.05) is 13.0 Å². The Morgan fingerprint density at radius 2 is 2.03 bits per heavy atom. The van der Waals surface area contributed by atoms with Gasteiger partial charge in [-0.1, -0.05) is 24.6 Å². The van der Waals surface area contributed by atoms with E-state index in [-0.39, 0.29) is 23.6 Å². The van der Waals surface area contributed by atoms with Crippen LogP contribution in [0, 0.1) is 5.82 Å².